The number of unbranched alkanes of at least 4 members (excludes halogenated alkanes) is 1. The van der Waals surface area contributed by atoms with Crippen LogP contribution in [0.2, 0.25) is 0 Å². The second-order valence-electron chi connectivity index (χ2n) is 4.78. The zero-order valence-electron chi connectivity index (χ0n) is 11.8. The number of anilines is 1. The SMILES string of the molecule is CCCCC(C)NC(=O)CCOc1ccc(N)cc1. The summed E-state index contributed by atoms with van der Waals surface area (Å²) in [6.07, 6.45) is 3.70. The molecule has 1 atom stereocenters. The van der Waals surface area contributed by atoms with Gasteiger partial charge in [0, 0.05) is 11.7 Å². The molecule has 0 spiro atoms. The Balaban J connectivity index is 2.18. The zero-order valence-corrected chi connectivity index (χ0v) is 11.8. The average molecular weight is 264 g/mol. The molecule has 0 saturated heterocycles. The van der Waals surface area contributed by atoms with Gasteiger partial charge < -0.3 is 15.8 Å². The van der Waals surface area contributed by atoms with E-state index >= 15 is 0 Å². The summed E-state index contributed by atoms with van der Waals surface area (Å²) >= 11 is 0. The molecule has 0 aliphatic rings. The van der Waals surface area contributed by atoms with Gasteiger partial charge in [0.15, 0.2) is 0 Å². The minimum atomic E-state index is 0.0408. The molecule has 4 nitrogen and oxygen atoms in total. The number of nitrogens with two attached hydrogens (primary N) is 1. The van der Waals surface area contributed by atoms with E-state index in [0.29, 0.717) is 18.7 Å². The second kappa shape index (κ2) is 8.40. The van der Waals surface area contributed by atoms with Crippen molar-refractivity contribution in [3.8, 4) is 5.75 Å². The zero-order chi connectivity index (χ0) is 14.1. The monoisotopic (exact) mass is 264 g/mol. The Morgan fingerprint density at radius 3 is 2.68 bits per heavy atom. The van der Waals surface area contributed by atoms with Crippen molar-refractivity contribution < 1.29 is 9.53 Å². The molecule has 106 valence electrons. The number of benzene rings is 1. The first-order valence-corrected chi connectivity index (χ1v) is 6.89. The van der Waals surface area contributed by atoms with Gasteiger partial charge in [-0.15, -0.1) is 0 Å². The molecule has 4 heteroatoms. The van der Waals surface area contributed by atoms with Crippen molar-refractivity contribution in [3.63, 3.8) is 0 Å². The summed E-state index contributed by atoms with van der Waals surface area (Å²) in [4.78, 5) is 11.6. The van der Waals surface area contributed by atoms with E-state index in [-0.39, 0.29) is 11.9 Å². The maximum absolute atomic E-state index is 11.6. The van der Waals surface area contributed by atoms with Crippen LogP contribution in [0.4, 0.5) is 5.69 Å². The minimum absolute atomic E-state index is 0.0408. The van der Waals surface area contributed by atoms with Crippen LogP contribution in [0.1, 0.15) is 39.5 Å². The van der Waals surface area contributed by atoms with Crippen LogP contribution in [0.3, 0.4) is 0 Å². The molecule has 1 amide bonds. The molecular weight excluding hydrogens is 240 g/mol. The third-order valence-electron chi connectivity index (χ3n) is 2.88. The van der Waals surface area contributed by atoms with Gasteiger partial charge in [0.05, 0.1) is 13.0 Å². The molecule has 19 heavy (non-hydrogen) atoms. The Kier molecular flexibility index (Phi) is 6.79. The van der Waals surface area contributed by atoms with E-state index in [2.05, 4.69) is 12.2 Å². The van der Waals surface area contributed by atoms with E-state index in [0.717, 1.165) is 25.0 Å². The molecule has 0 heterocycles. The standard InChI is InChI=1S/C15H24N2O2/c1-3-4-5-12(2)17-15(18)10-11-19-14-8-6-13(16)7-9-14/h6-9,12H,3-5,10-11,16H2,1-2H3,(H,17,18). The van der Waals surface area contributed by atoms with Crippen LogP contribution in [0.25, 0.3) is 0 Å². The predicted molar refractivity (Wildman–Crippen MR) is 78.1 cm³/mol. The van der Waals surface area contributed by atoms with Crippen LogP contribution in [0.5, 0.6) is 5.75 Å². The van der Waals surface area contributed by atoms with Gasteiger partial charge in [0.25, 0.3) is 0 Å². The highest BCUT2D eigenvalue weighted by Crippen LogP contribution is 2.13. The molecule has 0 saturated carbocycles. The van der Waals surface area contributed by atoms with Crippen LogP contribution in [-0.2, 0) is 4.79 Å². The van der Waals surface area contributed by atoms with Crippen molar-refractivity contribution in [2.24, 2.45) is 0 Å². The highest BCUT2D eigenvalue weighted by Gasteiger charge is 2.06. The maximum Gasteiger partial charge on any atom is 0.223 e. The van der Waals surface area contributed by atoms with E-state index in [4.69, 9.17) is 10.5 Å². The number of rotatable bonds is 8. The first-order valence-electron chi connectivity index (χ1n) is 6.89. The smallest absolute Gasteiger partial charge is 0.223 e. The summed E-state index contributed by atoms with van der Waals surface area (Å²) in [5.74, 6) is 0.778. The average Bonchev–Trinajstić information content (AvgIpc) is 2.38. The van der Waals surface area contributed by atoms with Gasteiger partial charge in [0.2, 0.25) is 5.91 Å². The maximum atomic E-state index is 11.6. The van der Waals surface area contributed by atoms with Crippen molar-refractivity contribution in [2.75, 3.05) is 12.3 Å². The summed E-state index contributed by atoms with van der Waals surface area (Å²) in [5.41, 5.74) is 6.28. The highest BCUT2D eigenvalue weighted by molar-refractivity contribution is 5.76. The van der Waals surface area contributed by atoms with Gasteiger partial charge in [-0.3, -0.25) is 4.79 Å². The van der Waals surface area contributed by atoms with Crippen LogP contribution in [0.15, 0.2) is 24.3 Å². The van der Waals surface area contributed by atoms with E-state index in [1.54, 1.807) is 24.3 Å². The topological polar surface area (TPSA) is 64.3 Å². The van der Waals surface area contributed by atoms with E-state index in [9.17, 15) is 4.79 Å². The Morgan fingerprint density at radius 2 is 2.05 bits per heavy atom. The number of carbonyl (C=O) groups excluding carboxylic acids is 1. The van der Waals surface area contributed by atoms with Gasteiger partial charge in [-0.25, -0.2) is 0 Å². The summed E-state index contributed by atoms with van der Waals surface area (Å²) in [6.45, 7) is 4.57. The summed E-state index contributed by atoms with van der Waals surface area (Å²) in [5, 5.41) is 2.97. The Morgan fingerprint density at radius 1 is 1.37 bits per heavy atom. The third-order valence-corrected chi connectivity index (χ3v) is 2.88. The Labute approximate surface area is 115 Å². The van der Waals surface area contributed by atoms with Crippen molar-refractivity contribution in [1.82, 2.24) is 5.32 Å². The fourth-order valence-electron chi connectivity index (χ4n) is 1.76. The molecule has 0 aliphatic heterocycles. The summed E-state index contributed by atoms with van der Waals surface area (Å²) in [6, 6.07) is 7.41. The number of carbonyl (C=O) groups is 1. The first-order chi connectivity index (χ1) is 9.11. The molecule has 1 aromatic rings. The van der Waals surface area contributed by atoms with Gasteiger partial charge in [0.1, 0.15) is 5.75 Å². The lowest BCUT2D eigenvalue weighted by molar-refractivity contribution is -0.122. The lowest BCUT2D eigenvalue weighted by Gasteiger charge is -2.13. The van der Waals surface area contributed by atoms with E-state index in [1.807, 2.05) is 6.92 Å². The van der Waals surface area contributed by atoms with Gasteiger partial charge in [-0.1, -0.05) is 19.8 Å². The molecule has 3 N–H and O–H groups in total. The van der Waals surface area contributed by atoms with Crippen LogP contribution in [-0.4, -0.2) is 18.6 Å². The summed E-state index contributed by atoms with van der Waals surface area (Å²) < 4.78 is 5.48. The van der Waals surface area contributed by atoms with Crippen molar-refractivity contribution in [2.45, 2.75) is 45.6 Å². The normalized spacial score (nSPS) is 11.9. The fourth-order valence-corrected chi connectivity index (χ4v) is 1.76. The molecule has 1 aromatic carbocycles. The van der Waals surface area contributed by atoms with Gasteiger partial charge in [-0.2, -0.15) is 0 Å². The van der Waals surface area contributed by atoms with Crippen LogP contribution < -0.4 is 15.8 Å². The van der Waals surface area contributed by atoms with Crippen molar-refractivity contribution >= 4 is 11.6 Å². The van der Waals surface area contributed by atoms with E-state index < -0.39 is 0 Å². The molecule has 1 rings (SSSR count). The minimum Gasteiger partial charge on any atom is -0.493 e. The predicted octanol–water partition coefficient (Wildman–Crippen LogP) is 2.73. The number of hydrogen-bond donors (Lipinski definition) is 2. The number of nitrogen functional groups attached to an aromatic ring is 1. The number of hydrogen-bond acceptors (Lipinski definition) is 3. The molecule has 0 aliphatic carbocycles. The van der Waals surface area contributed by atoms with Crippen molar-refractivity contribution in [3.05, 3.63) is 24.3 Å². The fraction of sp³-hybridized carbons (Fsp3) is 0.533. The Hall–Kier alpha value is -1.71. The van der Waals surface area contributed by atoms with Crippen LogP contribution >= 0.6 is 0 Å². The van der Waals surface area contributed by atoms with Gasteiger partial charge in [-0.05, 0) is 37.6 Å². The molecule has 0 bridgehead atoms. The molecule has 0 fully saturated rings. The van der Waals surface area contributed by atoms with Crippen molar-refractivity contribution in [1.29, 1.82) is 0 Å². The highest BCUT2D eigenvalue weighted by atomic mass is 16.5. The number of nitrogens with one attached hydrogen (secondary N) is 1. The molecule has 0 aromatic heterocycles. The largest absolute Gasteiger partial charge is 0.493 e. The number of ether oxygens (including phenoxy) is 1. The lowest BCUT2D eigenvalue weighted by atomic mass is 10.1. The second-order valence-corrected chi connectivity index (χ2v) is 4.78. The van der Waals surface area contributed by atoms with Crippen LogP contribution in [0, 0.1) is 0 Å². The quantitative estimate of drug-likeness (QED) is 0.710. The molecule has 0 radical (unpaired) electrons. The third kappa shape index (κ3) is 6.70. The number of amides is 1. The molecule has 1 unspecified atom stereocenters. The molecular formula is C15H24N2O2. The van der Waals surface area contributed by atoms with E-state index in [1.165, 1.54) is 0 Å². The van der Waals surface area contributed by atoms with Gasteiger partial charge >= 0.3 is 0 Å². The lowest BCUT2D eigenvalue weighted by Crippen LogP contribution is -2.33. The summed E-state index contributed by atoms with van der Waals surface area (Å²) in [7, 11) is 0. The first kappa shape index (κ1) is 15.3. The Bertz CT molecular complexity index is 376.